The molecule has 76 valence electrons. The number of aliphatic imine (C=N–C) groups is 1. The molecule has 13 heavy (non-hydrogen) atoms. The minimum absolute atomic E-state index is 0.564. The first kappa shape index (κ1) is 13.5. The number of carbonyl (C=O) groups excluding carboxylic acids is 1. The van der Waals surface area contributed by atoms with Gasteiger partial charge in [0.1, 0.15) is 0 Å². The van der Waals surface area contributed by atoms with Crippen molar-refractivity contribution in [1.29, 1.82) is 0 Å². The summed E-state index contributed by atoms with van der Waals surface area (Å²) in [4.78, 5) is 13.1. The van der Waals surface area contributed by atoms with Crippen LogP contribution in [0.25, 0.3) is 0 Å². The van der Waals surface area contributed by atoms with Crippen LogP contribution in [-0.4, -0.2) is 18.6 Å². The molecule has 0 atom stereocenters. The molecule has 0 fully saturated rings. The maximum absolute atomic E-state index is 9.69. The summed E-state index contributed by atoms with van der Waals surface area (Å²) in [6, 6.07) is -1.68. The van der Waals surface area contributed by atoms with Crippen LogP contribution in [0.2, 0.25) is 6.04 Å². The van der Waals surface area contributed by atoms with Crippen molar-refractivity contribution < 1.29 is 4.79 Å². The van der Waals surface area contributed by atoms with Crippen molar-refractivity contribution >= 4 is 45.3 Å². The Labute approximate surface area is 93.4 Å². The summed E-state index contributed by atoms with van der Waals surface area (Å²) in [6.07, 6.45) is 5.43. The van der Waals surface area contributed by atoms with Gasteiger partial charge in [0.25, 0.3) is 0 Å². The Hall–Kier alpha value is 0.467. The van der Waals surface area contributed by atoms with Gasteiger partial charge in [-0.1, -0.05) is 19.3 Å². The minimum Gasteiger partial charge on any atom is -0.211 e. The van der Waals surface area contributed by atoms with Crippen molar-refractivity contribution in [3.8, 4) is 0 Å². The zero-order valence-corrected chi connectivity index (χ0v) is 10.5. The van der Waals surface area contributed by atoms with Crippen LogP contribution in [-0.2, 0) is 4.79 Å². The predicted octanol–water partition coefficient (Wildman–Crippen LogP) is 3.54. The van der Waals surface area contributed by atoms with Gasteiger partial charge in [-0.2, -0.15) is 0 Å². The van der Waals surface area contributed by atoms with Crippen LogP contribution in [0.1, 0.15) is 25.7 Å². The molecule has 0 spiro atoms. The van der Waals surface area contributed by atoms with Gasteiger partial charge in [-0.05, 0) is 12.5 Å². The molecule has 6 heteroatoms. The van der Waals surface area contributed by atoms with Gasteiger partial charge in [0.2, 0.25) is 6.08 Å². The quantitative estimate of drug-likeness (QED) is 0.226. The van der Waals surface area contributed by atoms with Gasteiger partial charge in [-0.3, -0.25) is 0 Å². The van der Waals surface area contributed by atoms with E-state index in [1.165, 1.54) is 6.08 Å². The highest BCUT2D eigenvalue weighted by molar-refractivity contribution is 7.64. The summed E-state index contributed by atoms with van der Waals surface area (Å²) in [6.45, 7) is 0.564. The van der Waals surface area contributed by atoms with Crippen molar-refractivity contribution in [2.24, 2.45) is 4.99 Å². The highest BCUT2D eigenvalue weighted by Crippen LogP contribution is 2.27. The highest BCUT2D eigenvalue weighted by atomic mass is 35.8. The summed E-state index contributed by atoms with van der Waals surface area (Å²) in [5.41, 5.74) is 0. The third-order valence-electron chi connectivity index (χ3n) is 1.54. The van der Waals surface area contributed by atoms with Gasteiger partial charge in [0.15, 0.2) is 0 Å². The smallest absolute Gasteiger partial charge is 0.211 e. The Bertz CT molecular complexity index is 177. The zero-order valence-electron chi connectivity index (χ0n) is 7.23. The zero-order chi connectivity index (χ0) is 10.2. The van der Waals surface area contributed by atoms with E-state index >= 15 is 0 Å². The number of unbranched alkanes of at least 4 members (excludes halogenated alkanes) is 3. The van der Waals surface area contributed by atoms with Crippen LogP contribution in [0.15, 0.2) is 4.99 Å². The fraction of sp³-hybridized carbons (Fsp3) is 0.857. The first-order valence-corrected chi connectivity index (χ1v) is 9.41. The van der Waals surface area contributed by atoms with Gasteiger partial charge in [0, 0.05) is 0 Å². The van der Waals surface area contributed by atoms with Crippen molar-refractivity contribution in [3.05, 3.63) is 0 Å². The molecule has 0 radical (unpaired) electrons. The molecule has 0 amide bonds. The van der Waals surface area contributed by atoms with Gasteiger partial charge >= 0.3 is 6.00 Å². The molecule has 0 saturated carbocycles. The van der Waals surface area contributed by atoms with E-state index in [-0.39, 0.29) is 0 Å². The first-order valence-electron chi connectivity index (χ1n) is 4.16. The fourth-order valence-electron chi connectivity index (χ4n) is 0.916. The molecule has 0 aromatic rings. The van der Waals surface area contributed by atoms with E-state index in [0.29, 0.717) is 12.6 Å². The van der Waals surface area contributed by atoms with Crippen molar-refractivity contribution in [2.45, 2.75) is 31.7 Å². The molecule has 0 aliphatic rings. The lowest BCUT2D eigenvalue weighted by molar-refractivity contribution is 0.561. The van der Waals surface area contributed by atoms with E-state index in [1.807, 2.05) is 0 Å². The maximum Gasteiger partial charge on any atom is 0.341 e. The van der Waals surface area contributed by atoms with Crippen molar-refractivity contribution in [2.75, 3.05) is 6.54 Å². The molecular formula is C7H12Cl3NOSi. The van der Waals surface area contributed by atoms with Crippen LogP contribution in [0, 0.1) is 0 Å². The lowest BCUT2D eigenvalue weighted by Crippen LogP contribution is -2.07. The second kappa shape index (κ2) is 7.83. The number of hydrogen-bond donors (Lipinski definition) is 0. The Morgan fingerprint density at radius 1 is 1.08 bits per heavy atom. The number of halogens is 3. The van der Waals surface area contributed by atoms with Gasteiger partial charge < -0.3 is 0 Å². The number of rotatable bonds is 7. The molecule has 0 aliphatic carbocycles. The van der Waals surface area contributed by atoms with Crippen LogP contribution in [0.4, 0.5) is 0 Å². The van der Waals surface area contributed by atoms with Gasteiger partial charge in [-0.25, -0.2) is 9.79 Å². The molecule has 0 unspecified atom stereocenters. The SMILES string of the molecule is O=C=NCCCCCC[Si](Cl)(Cl)Cl. The van der Waals surface area contributed by atoms with E-state index in [1.54, 1.807) is 0 Å². The van der Waals surface area contributed by atoms with E-state index < -0.39 is 6.00 Å². The lowest BCUT2D eigenvalue weighted by atomic mass is 10.2. The molecule has 0 saturated heterocycles. The number of nitrogens with zero attached hydrogens (tertiary/aromatic N) is 1. The molecule has 0 N–H and O–H groups in total. The summed E-state index contributed by atoms with van der Waals surface area (Å²) in [7, 11) is 0. The highest BCUT2D eigenvalue weighted by Gasteiger charge is 2.23. The summed E-state index contributed by atoms with van der Waals surface area (Å²) in [5, 5.41) is 0. The average Bonchev–Trinajstić information content (AvgIpc) is 2.01. The van der Waals surface area contributed by atoms with E-state index in [4.69, 9.17) is 33.2 Å². The summed E-state index contributed by atoms with van der Waals surface area (Å²) < 4.78 is 0. The normalized spacial score (nSPS) is 11.0. The molecule has 0 aliphatic heterocycles. The van der Waals surface area contributed by atoms with E-state index in [9.17, 15) is 4.79 Å². The minimum atomic E-state index is -2.40. The van der Waals surface area contributed by atoms with Crippen LogP contribution >= 0.6 is 33.2 Å². The fourth-order valence-corrected chi connectivity index (χ4v) is 2.77. The lowest BCUT2D eigenvalue weighted by Gasteiger charge is -2.05. The van der Waals surface area contributed by atoms with Gasteiger partial charge in [-0.15, -0.1) is 33.2 Å². The van der Waals surface area contributed by atoms with Crippen LogP contribution in [0.3, 0.4) is 0 Å². The molecule has 0 heterocycles. The van der Waals surface area contributed by atoms with Gasteiger partial charge in [0.05, 0.1) is 6.54 Å². The number of isocyanates is 1. The summed E-state index contributed by atoms with van der Waals surface area (Å²) in [5.74, 6) is 0. The molecule has 0 aromatic carbocycles. The van der Waals surface area contributed by atoms with Crippen molar-refractivity contribution in [1.82, 2.24) is 0 Å². The molecule has 0 rings (SSSR count). The molecular weight excluding hydrogens is 249 g/mol. The van der Waals surface area contributed by atoms with Crippen LogP contribution in [0.5, 0.6) is 0 Å². The predicted molar refractivity (Wildman–Crippen MR) is 59.6 cm³/mol. The molecule has 2 nitrogen and oxygen atoms in total. The van der Waals surface area contributed by atoms with Crippen LogP contribution < -0.4 is 0 Å². The molecule has 0 bridgehead atoms. The average molecular weight is 261 g/mol. The second-order valence-corrected chi connectivity index (χ2v) is 12.0. The maximum atomic E-state index is 9.69. The molecule has 0 aromatic heterocycles. The Morgan fingerprint density at radius 2 is 1.69 bits per heavy atom. The third-order valence-corrected chi connectivity index (χ3v) is 4.17. The van der Waals surface area contributed by atoms with E-state index in [2.05, 4.69) is 4.99 Å². The Morgan fingerprint density at radius 3 is 2.23 bits per heavy atom. The van der Waals surface area contributed by atoms with Crippen molar-refractivity contribution in [3.63, 3.8) is 0 Å². The largest absolute Gasteiger partial charge is 0.341 e. The topological polar surface area (TPSA) is 29.4 Å². The summed E-state index contributed by atoms with van der Waals surface area (Å²) >= 11 is 17.1. The van der Waals surface area contributed by atoms with E-state index in [0.717, 1.165) is 25.7 Å². The first-order chi connectivity index (χ1) is 6.06. The number of hydrogen-bond acceptors (Lipinski definition) is 2. The monoisotopic (exact) mass is 259 g/mol. The standard InChI is InChI=1S/C7H12Cl3NOSi/c8-13(9,10)6-4-2-1-3-5-11-7-12/h1-6H2. The second-order valence-electron chi connectivity index (χ2n) is 2.75. The Balaban J connectivity index is 3.13. The third kappa shape index (κ3) is 12.5. The Kier molecular flexibility index (Phi) is 8.11.